The fraction of sp³-hybridized carbons (Fsp3) is 0.263. The number of carbonyl (C=O) groups excluding carboxylic acids is 1. The Morgan fingerprint density at radius 1 is 1.27 bits per heavy atom. The molecule has 3 rings (SSSR count). The first-order valence-electron chi connectivity index (χ1n) is 8.14. The Morgan fingerprint density at radius 3 is 2.69 bits per heavy atom. The van der Waals surface area contributed by atoms with Crippen molar-refractivity contribution in [2.24, 2.45) is 7.05 Å². The van der Waals surface area contributed by atoms with Crippen LogP contribution in [0.3, 0.4) is 0 Å². The maximum absolute atomic E-state index is 12.4. The highest BCUT2D eigenvalue weighted by Gasteiger charge is 2.17. The van der Waals surface area contributed by atoms with Crippen molar-refractivity contribution in [1.29, 1.82) is 0 Å². The quantitative estimate of drug-likeness (QED) is 0.718. The van der Waals surface area contributed by atoms with E-state index in [9.17, 15) is 4.79 Å². The molecular weight excluding hydrogens is 354 g/mol. The number of anilines is 1. The summed E-state index contributed by atoms with van der Waals surface area (Å²) in [6.07, 6.45) is 0. The molecule has 0 unspecified atom stereocenters. The molecule has 136 valence electrons. The molecule has 0 atom stereocenters. The number of rotatable bonds is 5. The van der Waals surface area contributed by atoms with Crippen molar-refractivity contribution >= 4 is 23.2 Å². The third kappa shape index (κ3) is 3.75. The molecule has 0 bridgehead atoms. The summed E-state index contributed by atoms with van der Waals surface area (Å²) in [7, 11) is 1.83. The van der Waals surface area contributed by atoms with Crippen LogP contribution >= 0.6 is 11.6 Å². The number of hydrogen-bond donors (Lipinski definition) is 1. The summed E-state index contributed by atoms with van der Waals surface area (Å²) in [6.45, 7) is 5.88. The largest absolute Gasteiger partial charge is 0.485 e. The SMILES string of the molecule is Cc1cc(Cl)ccc1OCc1ccc(C(=O)Nc2c(C)nn(C)c2C)o1. The molecule has 0 spiro atoms. The van der Waals surface area contributed by atoms with Gasteiger partial charge in [0.2, 0.25) is 0 Å². The smallest absolute Gasteiger partial charge is 0.291 e. The predicted octanol–water partition coefficient (Wildman–Crippen LogP) is 4.42. The first-order valence-corrected chi connectivity index (χ1v) is 8.52. The van der Waals surface area contributed by atoms with E-state index in [-0.39, 0.29) is 18.3 Å². The molecule has 2 heterocycles. The zero-order valence-electron chi connectivity index (χ0n) is 15.1. The highest BCUT2D eigenvalue weighted by atomic mass is 35.5. The molecule has 0 aliphatic carbocycles. The van der Waals surface area contributed by atoms with E-state index in [4.69, 9.17) is 20.8 Å². The van der Waals surface area contributed by atoms with Gasteiger partial charge in [0.15, 0.2) is 5.76 Å². The Balaban J connectivity index is 1.66. The van der Waals surface area contributed by atoms with E-state index in [1.54, 1.807) is 22.9 Å². The van der Waals surface area contributed by atoms with Crippen molar-refractivity contribution in [2.75, 3.05) is 5.32 Å². The fourth-order valence-corrected chi connectivity index (χ4v) is 2.86. The third-order valence-electron chi connectivity index (χ3n) is 4.14. The van der Waals surface area contributed by atoms with Crippen LogP contribution in [0.25, 0.3) is 0 Å². The second-order valence-corrected chi connectivity index (χ2v) is 6.52. The van der Waals surface area contributed by atoms with Crippen molar-refractivity contribution in [3.8, 4) is 5.75 Å². The summed E-state index contributed by atoms with van der Waals surface area (Å²) in [5.41, 5.74) is 3.27. The number of ether oxygens (including phenoxy) is 1. The number of nitrogens with zero attached hydrogens (tertiary/aromatic N) is 2. The standard InChI is InChI=1S/C19H20ClN3O3/c1-11-9-14(20)5-7-16(11)25-10-15-6-8-17(26-15)19(24)21-18-12(2)22-23(4)13(18)3/h5-9H,10H2,1-4H3,(H,21,24). The monoisotopic (exact) mass is 373 g/mol. The van der Waals surface area contributed by atoms with Crippen LogP contribution in [0.2, 0.25) is 5.02 Å². The lowest BCUT2D eigenvalue weighted by Gasteiger charge is -2.07. The van der Waals surface area contributed by atoms with E-state index >= 15 is 0 Å². The van der Waals surface area contributed by atoms with Crippen LogP contribution in [0.4, 0.5) is 5.69 Å². The molecule has 0 aliphatic heterocycles. The van der Waals surface area contributed by atoms with Crippen LogP contribution in [-0.2, 0) is 13.7 Å². The van der Waals surface area contributed by atoms with Gasteiger partial charge in [-0.25, -0.2) is 0 Å². The van der Waals surface area contributed by atoms with Crippen LogP contribution in [0.5, 0.6) is 5.75 Å². The molecule has 7 heteroatoms. The van der Waals surface area contributed by atoms with Gasteiger partial charge < -0.3 is 14.5 Å². The van der Waals surface area contributed by atoms with Gasteiger partial charge in [-0.05, 0) is 56.7 Å². The molecule has 0 radical (unpaired) electrons. The first-order chi connectivity index (χ1) is 12.3. The van der Waals surface area contributed by atoms with Crippen LogP contribution in [0.15, 0.2) is 34.7 Å². The number of furan rings is 1. The molecule has 2 aromatic heterocycles. The summed E-state index contributed by atoms with van der Waals surface area (Å²) < 4.78 is 13.1. The molecule has 0 saturated heterocycles. The van der Waals surface area contributed by atoms with E-state index in [0.29, 0.717) is 16.5 Å². The lowest BCUT2D eigenvalue weighted by atomic mass is 10.2. The number of amides is 1. The van der Waals surface area contributed by atoms with Crippen molar-refractivity contribution < 1.29 is 13.9 Å². The highest BCUT2D eigenvalue weighted by Crippen LogP contribution is 2.24. The second-order valence-electron chi connectivity index (χ2n) is 6.09. The Labute approximate surface area is 156 Å². The molecular formula is C19H20ClN3O3. The molecule has 6 nitrogen and oxygen atoms in total. The molecule has 0 fully saturated rings. The normalized spacial score (nSPS) is 10.8. The van der Waals surface area contributed by atoms with E-state index in [0.717, 1.165) is 22.7 Å². The average Bonchev–Trinajstić information content (AvgIpc) is 3.15. The van der Waals surface area contributed by atoms with Gasteiger partial charge in [0, 0.05) is 12.1 Å². The Hall–Kier alpha value is -2.73. The maximum Gasteiger partial charge on any atom is 0.291 e. The van der Waals surface area contributed by atoms with Gasteiger partial charge in [-0.3, -0.25) is 9.48 Å². The summed E-state index contributed by atoms with van der Waals surface area (Å²) in [4.78, 5) is 12.4. The van der Waals surface area contributed by atoms with E-state index in [2.05, 4.69) is 10.4 Å². The van der Waals surface area contributed by atoms with E-state index in [1.165, 1.54) is 0 Å². The van der Waals surface area contributed by atoms with Gasteiger partial charge in [0.25, 0.3) is 5.91 Å². The van der Waals surface area contributed by atoms with Gasteiger partial charge in [-0.1, -0.05) is 11.6 Å². The molecule has 26 heavy (non-hydrogen) atoms. The molecule has 0 aliphatic rings. The summed E-state index contributed by atoms with van der Waals surface area (Å²) in [6, 6.07) is 8.76. The minimum absolute atomic E-state index is 0.221. The van der Waals surface area contributed by atoms with E-state index in [1.807, 2.05) is 40.0 Å². The molecule has 1 N–H and O–H groups in total. The first kappa shape index (κ1) is 18.1. The van der Waals surface area contributed by atoms with Crippen LogP contribution in [-0.4, -0.2) is 15.7 Å². The van der Waals surface area contributed by atoms with E-state index < -0.39 is 0 Å². The van der Waals surface area contributed by atoms with Crippen molar-refractivity contribution in [3.05, 3.63) is 63.8 Å². The number of nitrogens with one attached hydrogen (secondary N) is 1. The van der Waals surface area contributed by atoms with Crippen molar-refractivity contribution in [1.82, 2.24) is 9.78 Å². The average molecular weight is 374 g/mol. The molecule has 1 amide bonds. The molecule has 1 aromatic carbocycles. The highest BCUT2D eigenvalue weighted by molar-refractivity contribution is 6.30. The number of hydrogen-bond acceptors (Lipinski definition) is 4. The Morgan fingerprint density at radius 2 is 2.04 bits per heavy atom. The van der Waals surface area contributed by atoms with Crippen LogP contribution in [0.1, 0.15) is 33.3 Å². The zero-order chi connectivity index (χ0) is 18.8. The number of halogens is 1. The summed E-state index contributed by atoms with van der Waals surface area (Å²) in [5, 5.41) is 7.79. The van der Waals surface area contributed by atoms with Crippen LogP contribution in [0, 0.1) is 20.8 Å². The van der Waals surface area contributed by atoms with Gasteiger partial charge in [0.1, 0.15) is 18.1 Å². The number of aryl methyl sites for hydroxylation is 3. The topological polar surface area (TPSA) is 69.3 Å². The predicted molar refractivity (Wildman–Crippen MR) is 99.9 cm³/mol. The minimum Gasteiger partial charge on any atom is -0.485 e. The lowest BCUT2D eigenvalue weighted by molar-refractivity contribution is 0.0992. The van der Waals surface area contributed by atoms with Crippen LogP contribution < -0.4 is 10.1 Å². The van der Waals surface area contributed by atoms with Crippen molar-refractivity contribution in [3.63, 3.8) is 0 Å². The second kappa shape index (κ2) is 7.25. The summed E-state index contributed by atoms with van der Waals surface area (Å²) in [5.74, 6) is 1.18. The Bertz CT molecular complexity index is 959. The van der Waals surface area contributed by atoms with Gasteiger partial charge >= 0.3 is 0 Å². The maximum atomic E-state index is 12.4. The fourth-order valence-electron chi connectivity index (χ4n) is 2.63. The number of aromatic nitrogens is 2. The number of benzene rings is 1. The minimum atomic E-state index is -0.321. The van der Waals surface area contributed by atoms with Gasteiger partial charge in [-0.2, -0.15) is 5.10 Å². The Kier molecular flexibility index (Phi) is 5.04. The molecule has 3 aromatic rings. The molecule has 0 saturated carbocycles. The lowest BCUT2D eigenvalue weighted by Crippen LogP contribution is -2.12. The van der Waals surface area contributed by atoms with Gasteiger partial charge in [0.05, 0.1) is 17.1 Å². The number of carbonyl (C=O) groups is 1. The summed E-state index contributed by atoms with van der Waals surface area (Å²) >= 11 is 5.94. The van der Waals surface area contributed by atoms with Gasteiger partial charge in [-0.15, -0.1) is 0 Å². The third-order valence-corrected chi connectivity index (χ3v) is 4.37. The van der Waals surface area contributed by atoms with Crippen molar-refractivity contribution in [2.45, 2.75) is 27.4 Å². The zero-order valence-corrected chi connectivity index (χ0v) is 15.8.